The highest BCUT2D eigenvalue weighted by atomic mass is 19.4. The third-order valence-electron chi connectivity index (χ3n) is 8.15. The highest BCUT2D eigenvalue weighted by molar-refractivity contribution is 5.98. The van der Waals surface area contributed by atoms with Crippen molar-refractivity contribution in [3.05, 3.63) is 65.2 Å². The third-order valence-corrected chi connectivity index (χ3v) is 8.15. The van der Waals surface area contributed by atoms with E-state index in [0.717, 1.165) is 24.2 Å². The number of halogens is 3. The van der Waals surface area contributed by atoms with Gasteiger partial charge in [-0.2, -0.15) is 13.2 Å². The number of carbonyl (C=O) groups is 2. The van der Waals surface area contributed by atoms with Crippen LogP contribution in [0.1, 0.15) is 48.8 Å². The third kappa shape index (κ3) is 6.95. The molecule has 0 aromatic heterocycles. The van der Waals surface area contributed by atoms with E-state index >= 15 is 0 Å². The van der Waals surface area contributed by atoms with Crippen LogP contribution < -0.4 is 5.32 Å². The lowest BCUT2D eigenvalue weighted by Crippen LogP contribution is -2.48. The van der Waals surface area contributed by atoms with Crippen LogP contribution in [0, 0.1) is 5.92 Å². The molecule has 2 aromatic carbocycles. The Labute approximate surface area is 242 Å². The first-order valence-electron chi connectivity index (χ1n) is 14.2. The highest BCUT2D eigenvalue weighted by Crippen LogP contribution is 2.42. The molecule has 12 heteroatoms. The summed E-state index contributed by atoms with van der Waals surface area (Å²) in [6, 6.07) is 13.2. The van der Waals surface area contributed by atoms with Gasteiger partial charge in [0.2, 0.25) is 5.91 Å². The van der Waals surface area contributed by atoms with E-state index in [1.807, 2.05) is 30.3 Å². The van der Waals surface area contributed by atoms with Crippen molar-refractivity contribution in [2.75, 3.05) is 44.7 Å². The second-order valence-electron chi connectivity index (χ2n) is 11.0. The summed E-state index contributed by atoms with van der Waals surface area (Å²) in [4.78, 5) is 27.7. The van der Waals surface area contributed by atoms with Crippen molar-refractivity contribution in [1.82, 2.24) is 9.80 Å². The molecule has 3 aliphatic rings. The minimum absolute atomic E-state index is 0.00789. The van der Waals surface area contributed by atoms with Crippen LogP contribution >= 0.6 is 0 Å². The fourth-order valence-electron chi connectivity index (χ4n) is 5.80. The van der Waals surface area contributed by atoms with Gasteiger partial charge in [0.25, 0.3) is 0 Å². The molecule has 2 aromatic rings. The van der Waals surface area contributed by atoms with Crippen LogP contribution in [0.2, 0.25) is 0 Å². The Kier molecular flexibility index (Phi) is 9.48. The minimum atomic E-state index is -5.04. The lowest BCUT2D eigenvalue weighted by atomic mass is 9.90. The Morgan fingerprint density at radius 1 is 1.02 bits per heavy atom. The number of aliphatic hydroxyl groups is 1. The number of nitrogens with zero attached hydrogens (tertiary/aromatic N) is 2. The van der Waals surface area contributed by atoms with E-state index in [1.165, 1.54) is 0 Å². The van der Waals surface area contributed by atoms with E-state index in [2.05, 4.69) is 17.1 Å². The first-order chi connectivity index (χ1) is 20.1. The molecule has 5 rings (SSSR count). The van der Waals surface area contributed by atoms with Crippen LogP contribution in [0.4, 0.5) is 18.9 Å². The Hall–Kier alpha value is -3.03. The number of amides is 2. The van der Waals surface area contributed by atoms with Gasteiger partial charge in [-0.05, 0) is 36.1 Å². The van der Waals surface area contributed by atoms with Crippen molar-refractivity contribution < 1.29 is 42.1 Å². The smallest absolute Gasteiger partial charge is 0.392 e. The number of carbonyl (C=O) groups excluding carboxylic acids is 2. The molecule has 0 aliphatic carbocycles. The Morgan fingerprint density at radius 3 is 2.45 bits per heavy atom. The molecule has 3 fully saturated rings. The van der Waals surface area contributed by atoms with Crippen molar-refractivity contribution in [2.24, 2.45) is 5.92 Å². The van der Waals surface area contributed by atoms with Crippen molar-refractivity contribution in [3.8, 4) is 0 Å². The van der Waals surface area contributed by atoms with E-state index in [1.54, 1.807) is 18.2 Å². The lowest BCUT2D eigenvalue weighted by molar-refractivity contribution is -0.277. The number of morpholine rings is 1. The normalized spacial score (nSPS) is 27.2. The average Bonchev–Trinajstić information content (AvgIpc) is 3.48. The molecule has 2 amide bonds. The van der Waals surface area contributed by atoms with Gasteiger partial charge in [0, 0.05) is 43.3 Å². The number of alkyl halides is 3. The molecule has 3 aliphatic heterocycles. The van der Waals surface area contributed by atoms with Crippen molar-refractivity contribution in [2.45, 2.75) is 57.1 Å². The average molecular weight is 592 g/mol. The van der Waals surface area contributed by atoms with E-state index in [0.29, 0.717) is 42.3 Å². The minimum Gasteiger partial charge on any atom is -0.392 e. The summed E-state index contributed by atoms with van der Waals surface area (Å²) in [5, 5.41) is 12.2. The predicted octanol–water partition coefficient (Wildman–Crippen LogP) is 3.79. The van der Waals surface area contributed by atoms with Crippen LogP contribution in [-0.4, -0.2) is 84.4 Å². The number of anilines is 1. The molecule has 0 bridgehead atoms. The molecule has 9 nitrogen and oxygen atoms in total. The SMILES string of the molecule is C[C@@H]1[C@H](CN2CCOCC2)O[C@H](c2cccc(NC(=O)[C@@H]3CCCN3C(=O)C(F)(F)F)c2)O[C@@H]1c1ccc(CO)cc1. The lowest BCUT2D eigenvalue weighted by Gasteiger charge is -2.43. The summed E-state index contributed by atoms with van der Waals surface area (Å²) < 4.78 is 57.6. The van der Waals surface area contributed by atoms with Gasteiger partial charge in [0.15, 0.2) is 6.29 Å². The molecule has 0 unspecified atom stereocenters. The summed E-state index contributed by atoms with van der Waals surface area (Å²) in [7, 11) is 0. The number of hydrogen-bond acceptors (Lipinski definition) is 7. The number of nitrogens with one attached hydrogen (secondary N) is 1. The van der Waals surface area contributed by atoms with Crippen molar-refractivity contribution >= 4 is 17.5 Å². The van der Waals surface area contributed by atoms with Crippen LogP contribution in [0.25, 0.3) is 0 Å². The molecule has 3 heterocycles. The van der Waals surface area contributed by atoms with Crippen LogP contribution in [0.15, 0.2) is 48.5 Å². The maximum atomic E-state index is 13.1. The van der Waals surface area contributed by atoms with E-state index in [-0.39, 0.29) is 37.7 Å². The predicted molar refractivity (Wildman–Crippen MR) is 146 cm³/mol. The van der Waals surface area contributed by atoms with Gasteiger partial charge in [-0.1, -0.05) is 43.3 Å². The van der Waals surface area contributed by atoms with Gasteiger partial charge in [0.05, 0.1) is 32.0 Å². The molecule has 0 saturated carbocycles. The first-order valence-corrected chi connectivity index (χ1v) is 14.2. The monoisotopic (exact) mass is 591 g/mol. The molecule has 3 saturated heterocycles. The van der Waals surface area contributed by atoms with Crippen molar-refractivity contribution in [1.29, 1.82) is 0 Å². The van der Waals surface area contributed by atoms with Crippen LogP contribution in [0.3, 0.4) is 0 Å². The first kappa shape index (κ1) is 30.4. The molecule has 0 radical (unpaired) electrons. The number of aliphatic hydroxyl groups excluding tert-OH is 1. The van der Waals surface area contributed by atoms with Crippen LogP contribution in [0.5, 0.6) is 0 Å². The van der Waals surface area contributed by atoms with Gasteiger partial charge in [-0.15, -0.1) is 0 Å². The number of likely N-dealkylation sites (tertiary alicyclic amines) is 1. The zero-order valence-electron chi connectivity index (χ0n) is 23.4. The molecule has 0 spiro atoms. The largest absolute Gasteiger partial charge is 0.471 e. The highest BCUT2D eigenvalue weighted by Gasteiger charge is 2.47. The zero-order valence-corrected chi connectivity index (χ0v) is 23.4. The maximum Gasteiger partial charge on any atom is 0.471 e. The van der Waals surface area contributed by atoms with Gasteiger partial charge < -0.3 is 29.5 Å². The zero-order chi connectivity index (χ0) is 29.9. The maximum absolute atomic E-state index is 13.1. The molecule has 42 heavy (non-hydrogen) atoms. The van der Waals surface area contributed by atoms with Gasteiger partial charge in [0.1, 0.15) is 6.04 Å². The molecule has 228 valence electrons. The number of hydrogen-bond donors (Lipinski definition) is 2. The van der Waals surface area contributed by atoms with Gasteiger partial charge in [-0.3, -0.25) is 14.5 Å². The Balaban J connectivity index is 1.35. The number of ether oxygens (including phenoxy) is 3. The fraction of sp³-hybridized carbons (Fsp3) is 0.533. The van der Waals surface area contributed by atoms with E-state index < -0.39 is 30.3 Å². The molecule has 5 atom stereocenters. The molecule has 2 N–H and O–H groups in total. The Morgan fingerprint density at radius 2 is 1.76 bits per heavy atom. The van der Waals surface area contributed by atoms with Gasteiger partial charge in [-0.25, -0.2) is 0 Å². The Bertz CT molecular complexity index is 1240. The topological polar surface area (TPSA) is 101 Å². The summed E-state index contributed by atoms with van der Waals surface area (Å²) in [5.41, 5.74) is 2.74. The van der Waals surface area contributed by atoms with Crippen LogP contribution in [-0.2, 0) is 30.4 Å². The summed E-state index contributed by atoms with van der Waals surface area (Å²) in [6.45, 7) is 5.48. The second kappa shape index (κ2) is 13.1. The summed E-state index contributed by atoms with van der Waals surface area (Å²) in [6.07, 6.45) is -5.86. The quantitative estimate of drug-likeness (QED) is 0.506. The summed E-state index contributed by atoms with van der Waals surface area (Å²) >= 11 is 0. The number of benzene rings is 2. The molecular weight excluding hydrogens is 555 g/mol. The standard InChI is InChI=1S/C30H36F3N3O6/c1-19-25(17-35-12-14-40-15-13-35)41-28(42-26(19)21-9-7-20(18-37)8-10-21)22-4-2-5-23(16-22)34-27(38)24-6-3-11-36(24)29(39)30(31,32)33/h2,4-5,7-10,16,19,24-26,28,37H,3,6,11-15,17-18H2,1H3,(H,34,38)/t19-,24+,25+,26+,28+/m1/s1. The van der Waals surface area contributed by atoms with E-state index in [9.17, 15) is 27.9 Å². The fourth-order valence-corrected chi connectivity index (χ4v) is 5.80. The van der Waals surface area contributed by atoms with Gasteiger partial charge >= 0.3 is 12.1 Å². The van der Waals surface area contributed by atoms with Crippen molar-refractivity contribution in [3.63, 3.8) is 0 Å². The summed E-state index contributed by atoms with van der Waals surface area (Å²) in [5.74, 6) is -2.68. The number of rotatable bonds is 7. The second-order valence-corrected chi connectivity index (χ2v) is 11.0. The van der Waals surface area contributed by atoms with E-state index in [4.69, 9.17) is 14.2 Å². The molecular formula is C30H36F3N3O6.